The van der Waals surface area contributed by atoms with E-state index in [-0.39, 0.29) is 10.5 Å². The minimum atomic E-state index is -3.45. The van der Waals surface area contributed by atoms with Crippen molar-refractivity contribution in [2.24, 2.45) is 5.73 Å². The first-order chi connectivity index (χ1) is 7.71. The highest BCUT2D eigenvalue weighted by Crippen LogP contribution is 2.35. The molecule has 0 saturated heterocycles. The maximum Gasteiger partial charge on any atom is 0.220 e. The summed E-state index contributed by atoms with van der Waals surface area (Å²) < 4.78 is 26.4. The maximum atomic E-state index is 11.9. The average Bonchev–Trinajstić information content (AvgIpc) is 2.13. The van der Waals surface area contributed by atoms with E-state index in [1.165, 1.54) is 6.92 Å². The molecule has 7 heteroatoms. The Morgan fingerprint density at radius 2 is 2.06 bits per heavy atom. The van der Waals surface area contributed by atoms with E-state index in [0.717, 1.165) is 19.3 Å². The fraction of sp³-hybridized carbons (Fsp3) is 0.900. The number of hydrogen-bond donors (Lipinski definition) is 2. The second-order valence-corrected chi connectivity index (χ2v) is 7.44. The van der Waals surface area contributed by atoms with Crippen LogP contribution in [0, 0.1) is 0 Å². The zero-order valence-corrected chi connectivity index (χ0v) is 12.2. The van der Waals surface area contributed by atoms with Crippen molar-refractivity contribution in [2.75, 3.05) is 20.6 Å². The molecular formula is C10H21N3O2S2. The summed E-state index contributed by atoms with van der Waals surface area (Å²) in [6.07, 6.45) is 3.18. The van der Waals surface area contributed by atoms with Crippen LogP contribution in [0.2, 0.25) is 0 Å². The van der Waals surface area contributed by atoms with Crippen LogP contribution >= 0.6 is 12.2 Å². The van der Waals surface area contributed by atoms with Crippen molar-refractivity contribution in [3.63, 3.8) is 0 Å². The number of nitrogens with zero attached hydrogens (tertiary/aromatic N) is 1. The van der Waals surface area contributed by atoms with Gasteiger partial charge >= 0.3 is 0 Å². The van der Waals surface area contributed by atoms with Gasteiger partial charge in [0.05, 0.1) is 4.99 Å². The van der Waals surface area contributed by atoms with E-state index in [4.69, 9.17) is 18.0 Å². The molecule has 0 aliphatic heterocycles. The van der Waals surface area contributed by atoms with Gasteiger partial charge in [-0.3, -0.25) is 0 Å². The van der Waals surface area contributed by atoms with Crippen molar-refractivity contribution in [1.29, 1.82) is 0 Å². The molecule has 1 fully saturated rings. The fourth-order valence-electron chi connectivity index (χ4n) is 1.88. The van der Waals surface area contributed by atoms with Gasteiger partial charge in [-0.15, -0.1) is 0 Å². The van der Waals surface area contributed by atoms with Gasteiger partial charge in [-0.1, -0.05) is 12.2 Å². The van der Waals surface area contributed by atoms with Crippen molar-refractivity contribution in [2.45, 2.75) is 37.0 Å². The summed E-state index contributed by atoms with van der Waals surface area (Å²) in [4.78, 5) is 2.09. The van der Waals surface area contributed by atoms with Crippen molar-refractivity contribution in [3.05, 3.63) is 0 Å². The Kier molecular flexibility index (Phi) is 4.51. The number of thiocarbonyl (C=S) groups is 1. The van der Waals surface area contributed by atoms with Gasteiger partial charge in [0.2, 0.25) is 10.0 Å². The van der Waals surface area contributed by atoms with Crippen LogP contribution in [-0.2, 0) is 10.0 Å². The zero-order chi connectivity index (χ0) is 13.3. The second-order valence-electron chi connectivity index (χ2n) is 4.88. The monoisotopic (exact) mass is 279 g/mol. The van der Waals surface area contributed by atoms with Crippen LogP contribution in [0.25, 0.3) is 0 Å². The highest BCUT2D eigenvalue weighted by molar-refractivity contribution is 7.93. The maximum absolute atomic E-state index is 11.9. The van der Waals surface area contributed by atoms with Crippen molar-refractivity contribution >= 4 is 27.2 Å². The molecule has 1 saturated carbocycles. The lowest BCUT2D eigenvalue weighted by Gasteiger charge is -2.47. The van der Waals surface area contributed by atoms with Crippen LogP contribution in [0.5, 0.6) is 0 Å². The predicted octanol–water partition coefficient (Wildman–Crippen LogP) is 0.0647. The molecule has 5 nitrogen and oxygen atoms in total. The minimum Gasteiger partial charge on any atom is -0.392 e. The molecule has 0 aromatic rings. The van der Waals surface area contributed by atoms with Crippen LogP contribution in [0.15, 0.2) is 0 Å². The molecule has 1 unspecified atom stereocenters. The van der Waals surface area contributed by atoms with Crippen LogP contribution < -0.4 is 10.5 Å². The first-order valence-electron chi connectivity index (χ1n) is 5.66. The molecule has 0 spiro atoms. The van der Waals surface area contributed by atoms with E-state index in [9.17, 15) is 8.42 Å². The molecule has 17 heavy (non-hydrogen) atoms. The van der Waals surface area contributed by atoms with Crippen LogP contribution in [0.1, 0.15) is 26.2 Å². The van der Waals surface area contributed by atoms with Gasteiger partial charge in [-0.2, -0.15) is 0 Å². The molecule has 0 bridgehead atoms. The molecule has 0 aromatic carbocycles. The smallest absolute Gasteiger partial charge is 0.220 e. The lowest BCUT2D eigenvalue weighted by molar-refractivity contribution is 0.0656. The summed E-state index contributed by atoms with van der Waals surface area (Å²) in [7, 11) is 0.508. The Bertz CT molecular complexity index is 388. The van der Waals surface area contributed by atoms with Gasteiger partial charge in [-0.25, -0.2) is 13.1 Å². The van der Waals surface area contributed by atoms with E-state index >= 15 is 0 Å². The molecule has 3 N–H and O–H groups in total. The van der Waals surface area contributed by atoms with Crippen molar-refractivity contribution in [1.82, 2.24) is 9.62 Å². The SMILES string of the molecule is CC(C(N)=S)S(=O)(=O)NCC1(N(C)C)CCC1. The third-order valence-corrected chi connectivity index (χ3v) is 5.94. The lowest BCUT2D eigenvalue weighted by Crippen LogP contribution is -2.58. The normalized spacial score (nSPS) is 20.9. The molecule has 1 aliphatic carbocycles. The summed E-state index contributed by atoms with van der Waals surface area (Å²) in [5.74, 6) is 0. The number of hydrogen-bond acceptors (Lipinski definition) is 4. The number of likely N-dealkylation sites (N-methyl/N-ethyl adjacent to an activating group) is 1. The molecule has 100 valence electrons. The van der Waals surface area contributed by atoms with Crippen molar-refractivity contribution < 1.29 is 8.42 Å². The molecule has 0 aromatic heterocycles. The predicted molar refractivity (Wildman–Crippen MR) is 73.4 cm³/mol. The van der Waals surface area contributed by atoms with Gasteiger partial charge in [0, 0.05) is 12.1 Å². The molecule has 1 atom stereocenters. The van der Waals surface area contributed by atoms with Gasteiger partial charge in [0.1, 0.15) is 5.25 Å². The third kappa shape index (κ3) is 3.15. The number of sulfonamides is 1. The summed E-state index contributed by atoms with van der Waals surface area (Å²) in [6.45, 7) is 1.93. The highest BCUT2D eigenvalue weighted by Gasteiger charge is 2.40. The van der Waals surface area contributed by atoms with Gasteiger partial charge in [-0.05, 0) is 40.3 Å². The van der Waals surface area contributed by atoms with Crippen LogP contribution in [0.4, 0.5) is 0 Å². The summed E-state index contributed by atoms with van der Waals surface area (Å²) in [6, 6.07) is 0. The Labute approximate surface area is 109 Å². The number of rotatable bonds is 6. The standard InChI is InChI=1S/C10H21N3O2S2/c1-8(9(11)16)17(14,15)12-7-10(13(2)3)5-4-6-10/h8,12H,4-7H2,1-3H3,(H2,11,16). The number of nitrogens with one attached hydrogen (secondary N) is 1. The largest absolute Gasteiger partial charge is 0.392 e. The van der Waals surface area contributed by atoms with Gasteiger partial charge in [0.15, 0.2) is 0 Å². The summed E-state index contributed by atoms with van der Waals surface area (Å²) >= 11 is 4.72. The quantitative estimate of drug-likeness (QED) is 0.673. The zero-order valence-electron chi connectivity index (χ0n) is 10.6. The molecule has 1 rings (SSSR count). The molecule has 0 radical (unpaired) electrons. The Hall–Kier alpha value is -0.240. The highest BCUT2D eigenvalue weighted by atomic mass is 32.2. The minimum absolute atomic E-state index is 0.00464. The van der Waals surface area contributed by atoms with Crippen molar-refractivity contribution in [3.8, 4) is 0 Å². The summed E-state index contributed by atoms with van der Waals surface area (Å²) in [5.41, 5.74) is 5.33. The fourth-order valence-corrected chi connectivity index (χ4v) is 3.29. The summed E-state index contributed by atoms with van der Waals surface area (Å²) in [5, 5.41) is -0.822. The topological polar surface area (TPSA) is 75.4 Å². The Morgan fingerprint density at radius 3 is 2.35 bits per heavy atom. The average molecular weight is 279 g/mol. The third-order valence-electron chi connectivity index (χ3n) is 3.70. The first kappa shape index (κ1) is 14.8. The lowest BCUT2D eigenvalue weighted by atomic mass is 9.76. The second kappa shape index (κ2) is 5.17. The van der Waals surface area contributed by atoms with E-state index in [1.807, 2.05) is 14.1 Å². The van der Waals surface area contributed by atoms with E-state index < -0.39 is 15.3 Å². The van der Waals surface area contributed by atoms with Crippen LogP contribution in [0.3, 0.4) is 0 Å². The Morgan fingerprint density at radius 1 is 1.53 bits per heavy atom. The first-order valence-corrected chi connectivity index (χ1v) is 7.62. The Balaban J connectivity index is 2.64. The van der Waals surface area contributed by atoms with Gasteiger partial charge < -0.3 is 10.6 Å². The molecular weight excluding hydrogens is 258 g/mol. The van der Waals surface area contributed by atoms with Crippen LogP contribution in [-0.4, -0.2) is 49.7 Å². The van der Waals surface area contributed by atoms with E-state index in [2.05, 4.69) is 9.62 Å². The number of nitrogens with two attached hydrogens (primary N) is 1. The van der Waals surface area contributed by atoms with E-state index in [0.29, 0.717) is 6.54 Å². The van der Waals surface area contributed by atoms with Gasteiger partial charge in [0.25, 0.3) is 0 Å². The van der Waals surface area contributed by atoms with E-state index in [1.54, 1.807) is 0 Å². The molecule has 0 heterocycles. The molecule has 0 amide bonds. The molecule has 1 aliphatic rings.